The molecule has 0 unspecified atom stereocenters. The third kappa shape index (κ3) is 4.36. The number of hydrogen-bond donors (Lipinski definition) is 3. The summed E-state index contributed by atoms with van der Waals surface area (Å²) in [7, 11) is 1.46. The Morgan fingerprint density at radius 1 is 1.35 bits per heavy atom. The third-order valence-corrected chi connectivity index (χ3v) is 5.36. The van der Waals surface area contributed by atoms with E-state index in [1.807, 2.05) is 18.7 Å². The lowest BCUT2D eigenvalue weighted by atomic mass is 9.98. The predicted molar refractivity (Wildman–Crippen MR) is 111 cm³/mol. The summed E-state index contributed by atoms with van der Waals surface area (Å²) in [6, 6.07) is 5.60. The molecule has 2 heterocycles. The Morgan fingerprint density at radius 2 is 2.03 bits per heavy atom. The van der Waals surface area contributed by atoms with Crippen molar-refractivity contribution in [3.63, 3.8) is 0 Å². The van der Waals surface area contributed by atoms with Crippen LogP contribution in [0.2, 0.25) is 0 Å². The summed E-state index contributed by atoms with van der Waals surface area (Å²) in [6.45, 7) is 4.76. The van der Waals surface area contributed by atoms with Gasteiger partial charge in [0, 0.05) is 19.6 Å². The highest BCUT2D eigenvalue weighted by Gasteiger charge is 2.39. The molecule has 4 N–H and O–H groups in total. The van der Waals surface area contributed by atoms with Gasteiger partial charge in [-0.25, -0.2) is 9.37 Å². The standard InChI is InChI=1S/C20H25FN6O4/c1-20(2)19-24-15(17(29)23-10-12-4-6-13(21)7-5-12)16(28)18(30)27(19)9-8-26(20)11-14(25-22)31-3/h4-7,28H,8-11,22H2,1-3H3,(H,23,29)/b25-14-. The summed E-state index contributed by atoms with van der Waals surface area (Å²) in [5, 5.41) is 16.5. The van der Waals surface area contributed by atoms with Gasteiger partial charge in [0.15, 0.2) is 5.69 Å². The van der Waals surface area contributed by atoms with Crippen LogP contribution in [0.5, 0.6) is 5.75 Å². The van der Waals surface area contributed by atoms with E-state index in [1.165, 1.54) is 35.9 Å². The maximum atomic E-state index is 13.0. The fourth-order valence-electron chi connectivity index (χ4n) is 3.49. The van der Waals surface area contributed by atoms with Gasteiger partial charge >= 0.3 is 0 Å². The second kappa shape index (κ2) is 8.72. The number of nitrogens with one attached hydrogen (secondary N) is 1. The highest BCUT2D eigenvalue weighted by atomic mass is 19.1. The molecule has 0 bridgehead atoms. The van der Waals surface area contributed by atoms with Gasteiger partial charge in [0.05, 0.1) is 19.2 Å². The van der Waals surface area contributed by atoms with Crippen LogP contribution in [0, 0.1) is 5.82 Å². The monoisotopic (exact) mass is 432 g/mol. The molecule has 0 saturated heterocycles. The van der Waals surface area contributed by atoms with Gasteiger partial charge in [-0.1, -0.05) is 12.1 Å². The minimum absolute atomic E-state index is 0.0817. The molecular formula is C20H25FN6O4. The first kappa shape index (κ1) is 22.2. The van der Waals surface area contributed by atoms with Crippen molar-refractivity contribution in [1.82, 2.24) is 19.8 Å². The fourth-order valence-corrected chi connectivity index (χ4v) is 3.49. The van der Waals surface area contributed by atoms with Crippen LogP contribution in [0.25, 0.3) is 0 Å². The second-order valence-electron chi connectivity index (χ2n) is 7.61. The Morgan fingerprint density at radius 3 is 2.65 bits per heavy atom. The molecule has 0 atom stereocenters. The highest BCUT2D eigenvalue weighted by molar-refractivity contribution is 5.94. The van der Waals surface area contributed by atoms with Crippen LogP contribution in [0.1, 0.15) is 35.7 Å². The molecule has 10 nitrogen and oxygen atoms in total. The largest absolute Gasteiger partial charge is 0.501 e. The average Bonchev–Trinajstić information content (AvgIpc) is 2.75. The van der Waals surface area contributed by atoms with Crippen LogP contribution in [0.4, 0.5) is 4.39 Å². The number of aromatic hydroxyl groups is 1. The van der Waals surface area contributed by atoms with Crippen LogP contribution >= 0.6 is 0 Å². The number of halogens is 1. The minimum atomic E-state index is -0.786. The van der Waals surface area contributed by atoms with Crippen LogP contribution < -0.4 is 16.7 Å². The van der Waals surface area contributed by atoms with Crippen LogP contribution in [-0.2, 0) is 23.4 Å². The van der Waals surface area contributed by atoms with Gasteiger partial charge in [-0.15, -0.1) is 5.10 Å². The summed E-state index contributed by atoms with van der Waals surface area (Å²) in [5.41, 5.74) is -1.19. The Hall–Kier alpha value is -3.47. The van der Waals surface area contributed by atoms with E-state index in [4.69, 9.17) is 10.6 Å². The summed E-state index contributed by atoms with van der Waals surface area (Å²) in [6.07, 6.45) is 0. The Balaban J connectivity index is 1.90. The molecule has 31 heavy (non-hydrogen) atoms. The molecule has 0 aliphatic carbocycles. The first-order chi connectivity index (χ1) is 14.7. The molecule has 3 rings (SSSR count). The highest BCUT2D eigenvalue weighted by Crippen LogP contribution is 2.30. The van der Waals surface area contributed by atoms with Gasteiger partial charge in [0.25, 0.3) is 11.5 Å². The maximum Gasteiger partial charge on any atom is 0.296 e. The summed E-state index contributed by atoms with van der Waals surface area (Å²) >= 11 is 0. The number of amides is 1. The first-order valence-electron chi connectivity index (χ1n) is 9.61. The number of benzene rings is 1. The number of hydrogen-bond acceptors (Lipinski definition) is 8. The van der Waals surface area contributed by atoms with E-state index in [2.05, 4.69) is 15.4 Å². The molecule has 11 heteroatoms. The molecule has 0 radical (unpaired) electrons. The van der Waals surface area contributed by atoms with Gasteiger partial charge in [-0.05, 0) is 31.5 Å². The van der Waals surface area contributed by atoms with Gasteiger partial charge < -0.3 is 21.0 Å². The molecule has 166 valence electrons. The number of fused-ring (bicyclic) bond motifs is 1. The number of methoxy groups -OCH3 is 1. The molecule has 1 aromatic carbocycles. The van der Waals surface area contributed by atoms with E-state index in [-0.39, 0.29) is 31.1 Å². The Labute approximate surface area is 178 Å². The van der Waals surface area contributed by atoms with E-state index < -0.39 is 22.8 Å². The van der Waals surface area contributed by atoms with Crippen molar-refractivity contribution < 1.29 is 19.0 Å². The fraction of sp³-hybridized carbons (Fsp3) is 0.400. The molecular weight excluding hydrogens is 407 g/mol. The Kier molecular flexibility index (Phi) is 6.25. The number of carbonyl (C=O) groups excluding carboxylic acids is 1. The van der Waals surface area contributed by atoms with E-state index >= 15 is 0 Å². The second-order valence-corrected chi connectivity index (χ2v) is 7.61. The average molecular weight is 432 g/mol. The molecule has 1 aliphatic rings. The lowest BCUT2D eigenvalue weighted by Crippen LogP contribution is -2.54. The SMILES string of the molecule is CO/C(CN1CCn2c(nc(C(=O)NCc3ccc(F)cc3)c(O)c2=O)C1(C)C)=N\N. The van der Waals surface area contributed by atoms with Gasteiger partial charge in [0.1, 0.15) is 11.6 Å². The Bertz CT molecular complexity index is 1060. The van der Waals surface area contributed by atoms with Crippen LogP contribution in [0.3, 0.4) is 0 Å². The number of carbonyl (C=O) groups is 1. The normalized spacial score (nSPS) is 15.9. The maximum absolute atomic E-state index is 13.0. The summed E-state index contributed by atoms with van der Waals surface area (Å²) in [4.78, 5) is 31.7. The molecule has 0 fully saturated rings. The van der Waals surface area contributed by atoms with E-state index in [0.29, 0.717) is 23.8 Å². The molecule has 2 aromatic rings. The van der Waals surface area contributed by atoms with Crippen LogP contribution in [-0.4, -0.2) is 51.6 Å². The minimum Gasteiger partial charge on any atom is -0.501 e. The predicted octanol–water partition coefficient (Wildman–Crippen LogP) is 0.487. The van der Waals surface area contributed by atoms with Crippen molar-refractivity contribution in [1.29, 1.82) is 0 Å². The lowest BCUT2D eigenvalue weighted by molar-refractivity contribution is 0.0834. The van der Waals surface area contributed by atoms with Gasteiger partial charge in [-0.3, -0.25) is 19.1 Å². The van der Waals surface area contributed by atoms with Gasteiger partial charge in [0.2, 0.25) is 11.6 Å². The van der Waals surface area contributed by atoms with Crippen molar-refractivity contribution in [3.8, 4) is 5.75 Å². The number of nitrogens with two attached hydrogens (primary N) is 1. The van der Waals surface area contributed by atoms with Gasteiger partial charge in [-0.2, -0.15) is 0 Å². The topological polar surface area (TPSA) is 135 Å². The summed E-state index contributed by atoms with van der Waals surface area (Å²) in [5.74, 6) is 4.15. The van der Waals surface area contributed by atoms with E-state index in [9.17, 15) is 19.1 Å². The number of rotatable bonds is 5. The number of aromatic nitrogens is 2. The van der Waals surface area contributed by atoms with Crippen molar-refractivity contribution in [2.75, 3.05) is 20.2 Å². The lowest BCUT2D eigenvalue weighted by Gasteiger charge is -2.42. The number of ether oxygens (including phenoxy) is 1. The van der Waals surface area contributed by atoms with E-state index in [1.54, 1.807) is 0 Å². The molecule has 1 aromatic heterocycles. The molecule has 0 spiro atoms. The molecule has 1 amide bonds. The zero-order valence-electron chi connectivity index (χ0n) is 17.6. The summed E-state index contributed by atoms with van der Waals surface area (Å²) < 4.78 is 19.5. The van der Waals surface area contributed by atoms with E-state index in [0.717, 1.165) is 0 Å². The van der Waals surface area contributed by atoms with Crippen molar-refractivity contribution >= 4 is 11.8 Å². The van der Waals surface area contributed by atoms with Crippen molar-refractivity contribution in [2.24, 2.45) is 10.9 Å². The quantitative estimate of drug-likeness (QED) is 0.271. The van der Waals surface area contributed by atoms with Crippen molar-refractivity contribution in [3.05, 3.63) is 57.5 Å². The number of nitrogens with zero attached hydrogens (tertiary/aromatic N) is 4. The smallest absolute Gasteiger partial charge is 0.296 e. The third-order valence-electron chi connectivity index (χ3n) is 5.36. The molecule has 0 saturated carbocycles. The zero-order chi connectivity index (χ0) is 22.8. The zero-order valence-corrected chi connectivity index (χ0v) is 17.6. The van der Waals surface area contributed by atoms with Crippen LogP contribution in [0.15, 0.2) is 34.2 Å². The van der Waals surface area contributed by atoms with Crippen molar-refractivity contribution in [2.45, 2.75) is 32.5 Å². The number of hydrazone groups is 1. The molecule has 1 aliphatic heterocycles. The first-order valence-corrected chi connectivity index (χ1v) is 9.61.